The van der Waals surface area contributed by atoms with Gasteiger partial charge in [0.25, 0.3) is 5.91 Å². The van der Waals surface area contributed by atoms with Gasteiger partial charge in [-0.25, -0.2) is 0 Å². The summed E-state index contributed by atoms with van der Waals surface area (Å²) < 4.78 is 12.1. The lowest BCUT2D eigenvalue weighted by Gasteiger charge is -2.10. The first-order valence-corrected chi connectivity index (χ1v) is 10.1. The monoisotopic (exact) mass is 512 g/mol. The van der Waals surface area contributed by atoms with Gasteiger partial charge in [0.1, 0.15) is 24.3 Å². The lowest BCUT2D eigenvalue weighted by Crippen LogP contribution is -2.34. The molecule has 0 saturated heterocycles. The van der Waals surface area contributed by atoms with Crippen LogP contribution in [-0.4, -0.2) is 39.5 Å². The third-order valence-electron chi connectivity index (χ3n) is 3.97. The van der Waals surface area contributed by atoms with Crippen LogP contribution in [0, 0.1) is 0 Å². The Labute approximate surface area is 181 Å². The molecule has 0 heterocycles. The second-order valence-electron chi connectivity index (χ2n) is 5.84. The number of oxime groups is 1. The van der Waals surface area contributed by atoms with Crippen LogP contribution < -0.4 is 14.8 Å². The summed E-state index contributed by atoms with van der Waals surface area (Å²) in [5.74, 6) is 1.23. The quantitative estimate of drug-likeness (QED) is 0.404. The zero-order valence-corrected chi connectivity index (χ0v) is 19.1. The highest BCUT2D eigenvalue weighted by Gasteiger charge is 2.14. The van der Waals surface area contributed by atoms with Crippen molar-refractivity contribution in [2.24, 2.45) is 5.16 Å². The summed E-state index contributed by atoms with van der Waals surface area (Å²) in [7, 11) is 4.65. The van der Waals surface area contributed by atoms with Crippen molar-refractivity contribution < 1.29 is 19.1 Å². The van der Waals surface area contributed by atoms with Crippen molar-refractivity contribution in [2.45, 2.75) is 12.8 Å². The zero-order valence-electron chi connectivity index (χ0n) is 15.9. The maximum atomic E-state index is 12.5. The first-order valence-electron chi connectivity index (χ1n) is 8.51. The van der Waals surface area contributed by atoms with Crippen molar-refractivity contribution in [1.82, 2.24) is 5.32 Å². The minimum Gasteiger partial charge on any atom is -0.496 e. The molecule has 0 saturated carbocycles. The number of nitrogens with zero attached hydrogens (tertiary/aromatic N) is 1. The van der Waals surface area contributed by atoms with E-state index in [1.165, 1.54) is 7.11 Å². The molecule has 8 heteroatoms. The molecule has 28 heavy (non-hydrogen) atoms. The molecule has 0 unspecified atom stereocenters. The number of amides is 1. The number of ether oxygens (including phenoxy) is 2. The average molecular weight is 514 g/mol. The van der Waals surface area contributed by atoms with Gasteiger partial charge in [-0.2, -0.15) is 0 Å². The fourth-order valence-corrected chi connectivity index (χ4v) is 3.74. The van der Waals surface area contributed by atoms with E-state index in [0.29, 0.717) is 25.1 Å². The van der Waals surface area contributed by atoms with E-state index >= 15 is 0 Å². The summed E-state index contributed by atoms with van der Waals surface area (Å²) in [5.41, 5.74) is 2.30. The van der Waals surface area contributed by atoms with E-state index in [0.717, 1.165) is 31.6 Å². The zero-order chi connectivity index (χ0) is 20.5. The first-order chi connectivity index (χ1) is 13.5. The van der Waals surface area contributed by atoms with E-state index in [1.54, 1.807) is 14.2 Å². The van der Waals surface area contributed by atoms with Crippen LogP contribution in [-0.2, 0) is 22.5 Å². The van der Waals surface area contributed by atoms with Gasteiger partial charge < -0.3 is 19.6 Å². The second kappa shape index (κ2) is 11.1. The summed E-state index contributed by atoms with van der Waals surface area (Å²) in [4.78, 5) is 17.4. The number of hydrogen-bond donors (Lipinski definition) is 1. The molecule has 6 nitrogen and oxygen atoms in total. The average Bonchev–Trinajstić information content (AvgIpc) is 2.68. The van der Waals surface area contributed by atoms with Crippen LogP contribution in [0.15, 0.2) is 50.5 Å². The number of carbonyl (C=O) groups is 1. The Bertz CT molecular complexity index is 856. The van der Waals surface area contributed by atoms with Gasteiger partial charge in [0.05, 0.1) is 23.2 Å². The maximum absolute atomic E-state index is 12.5. The van der Waals surface area contributed by atoms with Gasteiger partial charge in [0.15, 0.2) is 0 Å². The summed E-state index contributed by atoms with van der Waals surface area (Å²) >= 11 is 6.91. The van der Waals surface area contributed by atoms with E-state index in [2.05, 4.69) is 42.3 Å². The molecule has 2 aromatic carbocycles. The van der Waals surface area contributed by atoms with Crippen LogP contribution in [0.3, 0.4) is 0 Å². The Kier molecular flexibility index (Phi) is 8.79. The molecular weight excluding hydrogens is 492 g/mol. The summed E-state index contributed by atoms with van der Waals surface area (Å²) in [5, 5.41) is 6.78. The van der Waals surface area contributed by atoms with E-state index in [9.17, 15) is 4.79 Å². The Morgan fingerprint density at radius 1 is 0.964 bits per heavy atom. The lowest BCUT2D eigenvalue weighted by atomic mass is 10.1. The fourth-order valence-electron chi connectivity index (χ4n) is 2.57. The molecule has 0 spiro atoms. The molecule has 0 aromatic heterocycles. The Hall–Kier alpha value is -2.06. The summed E-state index contributed by atoms with van der Waals surface area (Å²) in [6.07, 6.45) is 1.03. The van der Waals surface area contributed by atoms with Gasteiger partial charge in [0.2, 0.25) is 0 Å². The number of hydrogen-bond acceptors (Lipinski definition) is 5. The van der Waals surface area contributed by atoms with Gasteiger partial charge in [-0.05, 0) is 73.7 Å². The van der Waals surface area contributed by atoms with E-state index in [-0.39, 0.29) is 5.91 Å². The van der Waals surface area contributed by atoms with Crippen LogP contribution >= 0.6 is 31.9 Å². The SMILES string of the molecule is CO/N=C(\Cc1ccc(OC)c(Br)c1)C(=O)NCCc1ccc(OC)c(Br)c1. The van der Waals surface area contributed by atoms with Crippen molar-refractivity contribution in [3.05, 3.63) is 56.5 Å². The molecule has 0 radical (unpaired) electrons. The van der Waals surface area contributed by atoms with Gasteiger partial charge in [-0.1, -0.05) is 17.3 Å². The van der Waals surface area contributed by atoms with Crippen molar-refractivity contribution in [3.63, 3.8) is 0 Å². The Morgan fingerprint density at radius 3 is 2.07 bits per heavy atom. The normalized spacial score (nSPS) is 11.1. The van der Waals surface area contributed by atoms with Gasteiger partial charge in [-0.3, -0.25) is 4.79 Å². The number of carbonyl (C=O) groups excluding carboxylic acids is 1. The predicted molar refractivity (Wildman–Crippen MR) is 116 cm³/mol. The number of rotatable bonds is 9. The molecule has 0 bridgehead atoms. The van der Waals surface area contributed by atoms with Gasteiger partial charge in [0, 0.05) is 13.0 Å². The molecule has 2 aromatic rings. The van der Waals surface area contributed by atoms with Crippen molar-refractivity contribution in [3.8, 4) is 11.5 Å². The lowest BCUT2D eigenvalue weighted by molar-refractivity contribution is -0.115. The van der Waals surface area contributed by atoms with Crippen LogP contribution in [0.4, 0.5) is 0 Å². The minimum absolute atomic E-state index is 0.263. The largest absolute Gasteiger partial charge is 0.496 e. The van der Waals surface area contributed by atoms with E-state index in [1.807, 2.05) is 36.4 Å². The van der Waals surface area contributed by atoms with Crippen molar-refractivity contribution in [1.29, 1.82) is 0 Å². The van der Waals surface area contributed by atoms with Gasteiger partial charge in [-0.15, -0.1) is 0 Å². The molecular formula is C20H22Br2N2O4. The van der Waals surface area contributed by atoms with Crippen LogP contribution in [0.5, 0.6) is 11.5 Å². The number of nitrogens with one attached hydrogen (secondary N) is 1. The van der Waals surface area contributed by atoms with Crippen LogP contribution in [0.2, 0.25) is 0 Å². The van der Waals surface area contributed by atoms with Crippen molar-refractivity contribution in [2.75, 3.05) is 27.9 Å². The third-order valence-corrected chi connectivity index (χ3v) is 5.21. The summed E-state index contributed by atoms with van der Waals surface area (Å²) in [6, 6.07) is 11.5. The Balaban J connectivity index is 1.96. The molecule has 0 aliphatic rings. The molecule has 1 N–H and O–H groups in total. The van der Waals surface area contributed by atoms with Crippen LogP contribution in [0.25, 0.3) is 0 Å². The summed E-state index contributed by atoms with van der Waals surface area (Å²) in [6.45, 7) is 0.479. The molecule has 0 fully saturated rings. The molecule has 1 amide bonds. The van der Waals surface area contributed by atoms with E-state index in [4.69, 9.17) is 14.3 Å². The van der Waals surface area contributed by atoms with Crippen molar-refractivity contribution >= 4 is 43.5 Å². The second-order valence-corrected chi connectivity index (χ2v) is 7.55. The van der Waals surface area contributed by atoms with E-state index < -0.39 is 0 Å². The van der Waals surface area contributed by atoms with Gasteiger partial charge >= 0.3 is 0 Å². The fraction of sp³-hybridized carbons (Fsp3) is 0.300. The number of methoxy groups -OCH3 is 2. The van der Waals surface area contributed by atoms with Crippen LogP contribution in [0.1, 0.15) is 11.1 Å². The smallest absolute Gasteiger partial charge is 0.269 e. The topological polar surface area (TPSA) is 69.2 Å². The third kappa shape index (κ3) is 6.24. The molecule has 150 valence electrons. The first kappa shape index (κ1) is 22.2. The molecule has 0 aliphatic carbocycles. The minimum atomic E-state index is -0.263. The standard InChI is InChI=1S/C20H22Br2N2O4/c1-26-18-6-4-13(10-15(18)21)8-9-23-20(25)17(24-28-3)12-14-5-7-19(27-2)16(22)11-14/h4-7,10-11H,8-9,12H2,1-3H3,(H,23,25)/b24-17+. The highest BCUT2D eigenvalue weighted by atomic mass is 79.9. The highest BCUT2D eigenvalue weighted by Crippen LogP contribution is 2.26. The molecule has 0 aliphatic heterocycles. The maximum Gasteiger partial charge on any atom is 0.269 e. The molecule has 0 atom stereocenters. The highest BCUT2D eigenvalue weighted by molar-refractivity contribution is 9.10. The molecule has 2 rings (SSSR count). The number of benzene rings is 2. The predicted octanol–water partition coefficient (Wildman–Crippen LogP) is 4.13. The number of halogens is 2. The Morgan fingerprint density at radius 2 is 1.54 bits per heavy atom.